The maximum Gasteiger partial charge on any atom is 0.223 e. The maximum atomic E-state index is 8.63. The molecule has 12 nitrogen and oxygen atoms in total. The van der Waals surface area contributed by atoms with Crippen LogP contribution in [0.1, 0.15) is 31.2 Å². The molecule has 2 aromatic heterocycles. The lowest BCUT2D eigenvalue weighted by molar-refractivity contribution is -0.0306. The van der Waals surface area contributed by atoms with E-state index in [2.05, 4.69) is 32.4 Å². The first-order valence-corrected chi connectivity index (χ1v) is 15.5. The van der Waals surface area contributed by atoms with Gasteiger partial charge in [-0.05, 0) is 37.3 Å². The zero-order valence-electron chi connectivity index (χ0n) is 26.1. The highest BCUT2D eigenvalue weighted by atomic mass is 16.6. The third kappa shape index (κ3) is 11.4. The number of anilines is 2. The Morgan fingerprint density at radius 1 is 0.841 bits per heavy atom. The van der Waals surface area contributed by atoms with Gasteiger partial charge in [-0.3, -0.25) is 0 Å². The number of aliphatic hydroxyl groups is 1. The van der Waals surface area contributed by atoms with Crippen LogP contribution in [0.4, 0.5) is 11.8 Å². The lowest BCUT2D eigenvalue weighted by atomic mass is 9.93. The molecule has 0 unspecified atom stereocenters. The SMILES string of the molecule is CN(C)c1c(-c2ccnc(N[C@H]3CC[C@H](OCCOCCOCCOCCOCCO)CC3)n2)cnn1Cc1ccccc1. The van der Waals surface area contributed by atoms with Gasteiger partial charge < -0.3 is 39.0 Å². The van der Waals surface area contributed by atoms with Gasteiger partial charge in [0.2, 0.25) is 5.95 Å². The number of hydrogen-bond donors (Lipinski definition) is 2. The van der Waals surface area contributed by atoms with E-state index in [9.17, 15) is 0 Å². The summed E-state index contributed by atoms with van der Waals surface area (Å²) in [5.74, 6) is 1.65. The first kappa shape index (κ1) is 33.8. The Balaban J connectivity index is 1.11. The molecule has 0 aliphatic heterocycles. The molecule has 1 aromatic carbocycles. The van der Waals surface area contributed by atoms with Gasteiger partial charge in [-0.15, -0.1) is 0 Å². The highest BCUT2D eigenvalue weighted by Gasteiger charge is 2.23. The highest BCUT2D eigenvalue weighted by molar-refractivity contribution is 5.73. The van der Waals surface area contributed by atoms with Gasteiger partial charge in [0.15, 0.2) is 0 Å². The molecular formula is C32H48N6O6. The first-order chi connectivity index (χ1) is 21.6. The van der Waals surface area contributed by atoms with Gasteiger partial charge in [-0.25, -0.2) is 14.6 Å². The van der Waals surface area contributed by atoms with Crippen molar-refractivity contribution in [1.29, 1.82) is 0 Å². The number of ether oxygens (including phenoxy) is 5. The van der Waals surface area contributed by atoms with E-state index in [4.69, 9.17) is 33.8 Å². The zero-order valence-corrected chi connectivity index (χ0v) is 26.1. The molecule has 4 rings (SSSR count). The number of aliphatic hydroxyl groups excluding tert-OH is 1. The third-order valence-corrected chi connectivity index (χ3v) is 7.28. The van der Waals surface area contributed by atoms with Crippen molar-refractivity contribution < 1.29 is 28.8 Å². The minimum absolute atomic E-state index is 0.0302. The average Bonchev–Trinajstić information content (AvgIpc) is 3.46. The van der Waals surface area contributed by atoms with Crippen LogP contribution in [0.3, 0.4) is 0 Å². The largest absolute Gasteiger partial charge is 0.394 e. The Hall–Kier alpha value is -3.13. The summed E-state index contributed by atoms with van der Waals surface area (Å²) in [6.45, 7) is 5.26. The van der Waals surface area contributed by atoms with Crippen LogP contribution in [0.5, 0.6) is 0 Å². The Kier molecular flexibility index (Phi) is 14.8. The molecule has 12 heteroatoms. The summed E-state index contributed by atoms with van der Waals surface area (Å²) in [6.07, 6.45) is 7.92. The Morgan fingerprint density at radius 3 is 2.11 bits per heavy atom. The molecule has 44 heavy (non-hydrogen) atoms. The molecule has 0 saturated heterocycles. The summed E-state index contributed by atoms with van der Waals surface area (Å²) >= 11 is 0. The maximum absolute atomic E-state index is 8.63. The summed E-state index contributed by atoms with van der Waals surface area (Å²) in [6, 6.07) is 12.6. The molecular weight excluding hydrogens is 564 g/mol. The molecule has 1 aliphatic carbocycles. The van der Waals surface area contributed by atoms with Crippen LogP contribution in [0.25, 0.3) is 11.3 Å². The van der Waals surface area contributed by atoms with Crippen LogP contribution in [0.15, 0.2) is 48.8 Å². The van der Waals surface area contributed by atoms with E-state index in [1.807, 2.05) is 55.4 Å². The van der Waals surface area contributed by atoms with Crippen LogP contribution in [0, 0.1) is 0 Å². The number of hydrogen-bond acceptors (Lipinski definition) is 11. The monoisotopic (exact) mass is 612 g/mol. The van der Waals surface area contributed by atoms with Gasteiger partial charge in [0.1, 0.15) is 5.82 Å². The topological polar surface area (TPSA) is 125 Å². The van der Waals surface area contributed by atoms with E-state index in [1.165, 1.54) is 5.56 Å². The average molecular weight is 613 g/mol. The normalized spacial score (nSPS) is 16.7. The van der Waals surface area contributed by atoms with Crippen molar-refractivity contribution in [2.45, 2.75) is 44.4 Å². The number of benzene rings is 1. The fourth-order valence-corrected chi connectivity index (χ4v) is 5.14. The van der Waals surface area contributed by atoms with Crippen LogP contribution in [-0.4, -0.2) is 117 Å². The van der Waals surface area contributed by atoms with Crippen molar-refractivity contribution in [1.82, 2.24) is 19.7 Å². The predicted octanol–water partition coefficient (Wildman–Crippen LogP) is 3.25. The van der Waals surface area contributed by atoms with Crippen LogP contribution in [-0.2, 0) is 30.2 Å². The molecule has 0 spiro atoms. The van der Waals surface area contributed by atoms with Gasteiger partial charge in [0, 0.05) is 26.3 Å². The summed E-state index contributed by atoms with van der Waals surface area (Å²) < 4.78 is 29.7. The predicted molar refractivity (Wildman–Crippen MR) is 169 cm³/mol. The minimum atomic E-state index is 0.0302. The molecule has 3 aromatic rings. The molecule has 1 aliphatic rings. The third-order valence-electron chi connectivity index (χ3n) is 7.28. The van der Waals surface area contributed by atoms with Crippen molar-refractivity contribution in [3.05, 3.63) is 54.4 Å². The van der Waals surface area contributed by atoms with Gasteiger partial charge in [0.25, 0.3) is 0 Å². The Morgan fingerprint density at radius 2 is 1.48 bits per heavy atom. The second kappa shape index (κ2) is 19.3. The molecule has 0 atom stereocenters. The van der Waals surface area contributed by atoms with E-state index < -0.39 is 0 Å². The van der Waals surface area contributed by atoms with Crippen LogP contribution >= 0.6 is 0 Å². The second-order valence-electron chi connectivity index (χ2n) is 10.8. The lowest BCUT2D eigenvalue weighted by Crippen LogP contribution is -2.31. The molecule has 0 bridgehead atoms. The molecule has 2 N–H and O–H groups in total. The number of aromatic nitrogens is 4. The second-order valence-corrected chi connectivity index (χ2v) is 10.8. The highest BCUT2D eigenvalue weighted by Crippen LogP contribution is 2.30. The fourth-order valence-electron chi connectivity index (χ4n) is 5.14. The number of rotatable bonds is 21. The standard InChI is InChI=1S/C32H48N6O6/c1-37(2)31-29(24-34-38(31)25-26-6-4-3-5-7-26)30-12-13-33-32(36-30)35-27-8-10-28(11-9-27)44-23-22-43-21-20-42-19-18-41-17-16-40-15-14-39/h3-7,12-13,24,27-28,39H,8-11,14-23,25H2,1-2H3,(H,33,35,36)/t27-,28-. The van der Waals surface area contributed by atoms with E-state index in [0.717, 1.165) is 42.8 Å². The van der Waals surface area contributed by atoms with Crippen molar-refractivity contribution >= 4 is 11.8 Å². The Bertz CT molecular complexity index is 1190. The Labute approximate surface area is 260 Å². The quantitative estimate of drug-likeness (QED) is 0.172. The lowest BCUT2D eigenvalue weighted by Gasteiger charge is -2.29. The summed E-state index contributed by atoms with van der Waals surface area (Å²) in [5, 5.41) is 16.9. The van der Waals surface area contributed by atoms with Gasteiger partial charge >= 0.3 is 0 Å². The van der Waals surface area contributed by atoms with Crippen molar-refractivity contribution in [2.24, 2.45) is 0 Å². The number of nitrogens with one attached hydrogen (secondary N) is 1. The van der Waals surface area contributed by atoms with Gasteiger partial charge in [-0.2, -0.15) is 5.10 Å². The number of nitrogens with zero attached hydrogens (tertiary/aromatic N) is 5. The molecule has 0 amide bonds. The van der Waals surface area contributed by atoms with E-state index >= 15 is 0 Å². The summed E-state index contributed by atoms with van der Waals surface area (Å²) in [5.41, 5.74) is 3.03. The van der Waals surface area contributed by atoms with Crippen LogP contribution < -0.4 is 10.2 Å². The van der Waals surface area contributed by atoms with Crippen molar-refractivity contribution in [2.75, 3.05) is 90.4 Å². The zero-order chi connectivity index (χ0) is 30.8. The van der Waals surface area contributed by atoms with Gasteiger partial charge in [-0.1, -0.05) is 30.3 Å². The fraction of sp³-hybridized carbons (Fsp3) is 0.594. The van der Waals surface area contributed by atoms with E-state index in [0.29, 0.717) is 78.0 Å². The van der Waals surface area contributed by atoms with Gasteiger partial charge in [0.05, 0.1) is 96.2 Å². The van der Waals surface area contributed by atoms with E-state index in [1.54, 1.807) is 0 Å². The molecule has 242 valence electrons. The van der Waals surface area contributed by atoms with Crippen molar-refractivity contribution in [3.63, 3.8) is 0 Å². The van der Waals surface area contributed by atoms with Crippen molar-refractivity contribution in [3.8, 4) is 11.3 Å². The minimum Gasteiger partial charge on any atom is -0.394 e. The molecule has 2 heterocycles. The smallest absolute Gasteiger partial charge is 0.223 e. The molecule has 1 saturated carbocycles. The molecule has 0 radical (unpaired) electrons. The molecule has 1 fully saturated rings. The van der Waals surface area contributed by atoms with Crippen LogP contribution in [0.2, 0.25) is 0 Å². The summed E-state index contributed by atoms with van der Waals surface area (Å²) in [7, 11) is 4.06. The van der Waals surface area contributed by atoms with E-state index in [-0.39, 0.29) is 12.7 Å². The summed E-state index contributed by atoms with van der Waals surface area (Å²) in [4.78, 5) is 11.4. The first-order valence-electron chi connectivity index (χ1n) is 15.5.